The van der Waals surface area contributed by atoms with E-state index in [4.69, 9.17) is 23.2 Å². The van der Waals surface area contributed by atoms with Crippen LogP contribution in [0.2, 0.25) is 10.0 Å². The van der Waals surface area contributed by atoms with Gasteiger partial charge in [0.25, 0.3) is 0 Å². The zero-order valence-corrected chi connectivity index (χ0v) is 11.1. The topological polar surface area (TPSA) is 20.2 Å². The molecule has 94 valence electrons. The molecule has 18 heavy (non-hydrogen) atoms. The lowest BCUT2D eigenvalue weighted by molar-refractivity contribution is 0.220. The summed E-state index contributed by atoms with van der Waals surface area (Å²) in [6.07, 6.45) is -0.967. The summed E-state index contributed by atoms with van der Waals surface area (Å²) >= 11 is 12.1. The smallest absolute Gasteiger partial charge is 0.126 e. The van der Waals surface area contributed by atoms with Gasteiger partial charge in [-0.15, -0.1) is 0 Å². The predicted molar refractivity (Wildman–Crippen MR) is 71.7 cm³/mol. The highest BCUT2D eigenvalue weighted by Crippen LogP contribution is 2.34. The summed E-state index contributed by atoms with van der Waals surface area (Å²) in [7, 11) is 0. The number of hydrogen-bond donors (Lipinski definition) is 1. The largest absolute Gasteiger partial charge is 0.384 e. The maximum atomic E-state index is 13.2. The lowest BCUT2D eigenvalue weighted by Crippen LogP contribution is -2.02. The van der Waals surface area contributed by atoms with Crippen LogP contribution in [0, 0.1) is 12.7 Å². The van der Waals surface area contributed by atoms with Crippen molar-refractivity contribution in [2.24, 2.45) is 0 Å². The Bertz CT molecular complexity index is 564. The summed E-state index contributed by atoms with van der Waals surface area (Å²) < 4.78 is 13.2. The molecule has 0 spiro atoms. The van der Waals surface area contributed by atoms with Crippen molar-refractivity contribution in [2.75, 3.05) is 0 Å². The molecular formula is C14H11Cl2FO. The Kier molecular flexibility index (Phi) is 3.91. The molecule has 0 aliphatic heterocycles. The van der Waals surface area contributed by atoms with Crippen molar-refractivity contribution in [1.82, 2.24) is 0 Å². The first-order chi connectivity index (χ1) is 8.50. The van der Waals surface area contributed by atoms with Crippen LogP contribution in [0.5, 0.6) is 0 Å². The average Bonchev–Trinajstić information content (AvgIpc) is 2.32. The van der Waals surface area contributed by atoms with E-state index in [9.17, 15) is 9.50 Å². The van der Waals surface area contributed by atoms with Crippen LogP contribution in [0.3, 0.4) is 0 Å². The molecule has 0 aliphatic rings. The first kappa shape index (κ1) is 13.3. The van der Waals surface area contributed by atoms with Gasteiger partial charge in [0, 0.05) is 15.6 Å². The van der Waals surface area contributed by atoms with Crippen molar-refractivity contribution in [2.45, 2.75) is 13.0 Å². The Hall–Kier alpha value is -1.09. The molecule has 0 amide bonds. The van der Waals surface area contributed by atoms with Gasteiger partial charge in [-0.05, 0) is 36.2 Å². The van der Waals surface area contributed by atoms with Crippen LogP contribution in [-0.2, 0) is 0 Å². The summed E-state index contributed by atoms with van der Waals surface area (Å²) in [6.45, 7) is 1.64. The van der Waals surface area contributed by atoms with Gasteiger partial charge in [-0.25, -0.2) is 4.39 Å². The quantitative estimate of drug-likeness (QED) is 0.860. The van der Waals surface area contributed by atoms with E-state index in [1.54, 1.807) is 31.2 Å². The summed E-state index contributed by atoms with van der Waals surface area (Å²) in [6, 6.07) is 9.44. The molecule has 0 heterocycles. The first-order valence-electron chi connectivity index (χ1n) is 5.38. The molecule has 1 unspecified atom stereocenters. The third kappa shape index (κ3) is 2.51. The molecule has 1 atom stereocenters. The van der Waals surface area contributed by atoms with Crippen molar-refractivity contribution < 1.29 is 9.50 Å². The zero-order valence-electron chi connectivity index (χ0n) is 9.62. The highest BCUT2D eigenvalue weighted by molar-refractivity contribution is 6.36. The first-order valence-corrected chi connectivity index (χ1v) is 6.14. The van der Waals surface area contributed by atoms with E-state index >= 15 is 0 Å². The van der Waals surface area contributed by atoms with Crippen LogP contribution in [0.4, 0.5) is 4.39 Å². The van der Waals surface area contributed by atoms with Crippen LogP contribution >= 0.6 is 23.2 Å². The lowest BCUT2D eigenvalue weighted by atomic mass is 9.99. The van der Waals surface area contributed by atoms with Crippen molar-refractivity contribution in [1.29, 1.82) is 0 Å². The Morgan fingerprint density at radius 2 is 1.72 bits per heavy atom. The molecule has 2 rings (SSSR count). The maximum Gasteiger partial charge on any atom is 0.126 e. The number of aryl methyl sites for hydroxylation is 1. The van der Waals surface area contributed by atoms with Gasteiger partial charge >= 0.3 is 0 Å². The summed E-state index contributed by atoms with van der Waals surface area (Å²) in [4.78, 5) is 0. The van der Waals surface area contributed by atoms with E-state index in [-0.39, 0.29) is 5.82 Å². The fraction of sp³-hybridized carbons (Fsp3) is 0.143. The third-order valence-electron chi connectivity index (χ3n) is 2.77. The minimum atomic E-state index is -0.967. The van der Waals surface area contributed by atoms with Gasteiger partial charge in [-0.2, -0.15) is 0 Å². The number of aliphatic hydroxyl groups excluding tert-OH is 1. The van der Waals surface area contributed by atoms with Crippen molar-refractivity contribution in [3.05, 3.63) is 69.0 Å². The Balaban J connectivity index is 2.48. The van der Waals surface area contributed by atoms with E-state index < -0.39 is 6.10 Å². The molecule has 0 aromatic heterocycles. The van der Waals surface area contributed by atoms with Gasteiger partial charge < -0.3 is 5.11 Å². The molecule has 1 N–H and O–H groups in total. The second-order valence-corrected chi connectivity index (χ2v) is 4.86. The minimum absolute atomic E-state index is 0.309. The number of hydrogen-bond acceptors (Lipinski definition) is 1. The SMILES string of the molecule is Cc1cc(C(O)c2c(Cl)cccc2Cl)ccc1F. The van der Waals surface area contributed by atoms with Gasteiger partial charge in [-0.3, -0.25) is 0 Å². The molecule has 0 saturated carbocycles. The fourth-order valence-corrected chi connectivity index (χ4v) is 2.38. The normalized spacial score (nSPS) is 12.5. The molecule has 0 fully saturated rings. The Labute approximate surface area is 115 Å². The monoisotopic (exact) mass is 284 g/mol. The van der Waals surface area contributed by atoms with Gasteiger partial charge in [0.15, 0.2) is 0 Å². The number of halogens is 3. The van der Waals surface area contributed by atoms with E-state index in [1.807, 2.05) is 0 Å². The highest BCUT2D eigenvalue weighted by Gasteiger charge is 2.17. The van der Waals surface area contributed by atoms with Crippen LogP contribution < -0.4 is 0 Å². The van der Waals surface area contributed by atoms with Crippen LogP contribution in [0.15, 0.2) is 36.4 Å². The zero-order chi connectivity index (χ0) is 13.3. The second kappa shape index (κ2) is 5.27. The molecule has 1 nitrogen and oxygen atoms in total. The number of benzene rings is 2. The molecule has 2 aromatic carbocycles. The Morgan fingerprint density at radius 1 is 1.11 bits per heavy atom. The van der Waals surface area contributed by atoms with Crippen molar-refractivity contribution in [3.63, 3.8) is 0 Å². The van der Waals surface area contributed by atoms with E-state index in [2.05, 4.69) is 0 Å². The second-order valence-electron chi connectivity index (χ2n) is 4.05. The van der Waals surface area contributed by atoms with Gasteiger partial charge in [0.05, 0.1) is 0 Å². The molecule has 2 aromatic rings. The maximum absolute atomic E-state index is 13.2. The number of aliphatic hydroxyl groups is 1. The summed E-state index contributed by atoms with van der Waals surface area (Å²) in [5, 5.41) is 11.0. The molecule has 0 radical (unpaired) electrons. The molecule has 0 aliphatic carbocycles. The minimum Gasteiger partial charge on any atom is -0.384 e. The highest BCUT2D eigenvalue weighted by atomic mass is 35.5. The predicted octanol–water partition coefficient (Wildman–Crippen LogP) is 4.52. The van der Waals surface area contributed by atoms with Crippen LogP contribution in [-0.4, -0.2) is 5.11 Å². The average molecular weight is 285 g/mol. The van der Waals surface area contributed by atoms with E-state index in [1.165, 1.54) is 12.1 Å². The van der Waals surface area contributed by atoms with E-state index in [0.29, 0.717) is 26.7 Å². The van der Waals surface area contributed by atoms with Gasteiger partial charge in [-0.1, -0.05) is 41.4 Å². The molecule has 0 bridgehead atoms. The summed E-state index contributed by atoms with van der Waals surface area (Å²) in [5.41, 5.74) is 1.46. The number of rotatable bonds is 2. The third-order valence-corrected chi connectivity index (χ3v) is 3.43. The van der Waals surface area contributed by atoms with Crippen LogP contribution in [0.1, 0.15) is 22.8 Å². The standard InChI is InChI=1S/C14H11Cl2FO/c1-8-7-9(5-6-12(8)17)14(18)13-10(15)3-2-4-11(13)16/h2-7,14,18H,1H3. The Morgan fingerprint density at radius 3 is 2.28 bits per heavy atom. The molecule has 4 heteroatoms. The fourth-order valence-electron chi connectivity index (χ4n) is 1.78. The van der Waals surface area contributed by atoms with Crippen molar-refractivity contribution in [3.8, 4) is 0 Å². The lowest BCUT2D eigenvalue weighted by Gasteiger charge is -2.15. The molecular weight excluding hydrogens is 274 g/mol. The van der Waals surface area contributed by atoms with E-state index in [0.717, 1.165) is 0 Å². The molecule has 0 saturated heterocycles. The van der Waals surface area contributed by atoms with Gasteiger partial charge in [0.1, 0.15) is 11.9 Å². The van der Waals surface area contributed by atoms with Crippen LogP contribution in [0.25, 0.3) is 0 Å². The van der Waals surface area contributed by atoms with Crippen molar-refractivity contribution >= 4 is 23.2 Å². The van der Waals surface area contributed by atoms with Gasteiger partial charge in [0.2, 0.25) is 0 Å². The summed E-state index contributed by atoms with van der Waals surface area (Å²) in [5.74, 6) is -0.309.